The Hall–Kier alpha value is -1.26. The van der Waals surface area contributed by atoms with Gasteiger partial charge in [-0.25, -0.2) is 0 Å². The number of aromatic hydroxyl groups is 1. The van der Waals surface area contributed by atoms with E-state index in [9.17, 15) is 5.11 Å². The number of phenols is 1. The SMILES string of the molecule is COc1ccc(CNCCCOCC(C)C)cc1O. The van der Waals surface area contributed by atoms with Crippen LogP contribution in [0.4, 0.5) is 0 Å². The van der Waals surface area contributed by atoms with Crippen LogP contribution in [0.15, 0.2) is 18.2 Å². The number of rotatable bonds is 9. The molecular weight excluding hydrogens is 242 g/mol. The van der Waals surface area contributed by atoms with Gasteiger partial charge in [-0.3, -0.25) is 0 Å². The molecule has 0 amide bonds. The summed E-state index contributed by atoms with van der Waals surface area (Å²) in [7, 11) is 1.55. The molecule has 0 saturated carbocycles. The van der Waals surface area contributed by atoms with E-state index >= 15 is 0 Å². The van der Waals surface area contributed by atoms with E-state index in [0.29, 0.717) is 11.7 Å². The highest BCUT2D eigenvalue weighted by Gasteiger charge is 2.02. The summed E-state index contributed by atoms with van der Waals surface area (Å²) in [4.78, 5) is 0. The minimum absolute atomic E-state index is 0.182. The lowest BCUT2D eigenvalue weighted by atomic mass is 10.2. The molecule has 1 rings (SSSR count). The van der Waals surface area contributed by atoms with Crippen LogP contribution in [0.5, 0.6) is 11.5 Å². The second-order valence-electron chi connectivity index (χ2n) is 5.01. The van der Waals surface area contributed by atoms with Crippen molar-refractivity contribution in [2.45, 2.75) is 26.8 Å². The normalized spacial score (nSPS) is 10.9. The minimum Gasteiger partial charge on any atom is -0.504 e. The number of nitrogens with one attached hydrogen (secondary N) is 1. The molecule has 4 nitrogen and oxygen atoms in total. The number of phenolic OH excluding ortho intramolecular Hbond substituents is 1. The first-order valence-electron chi connectivity index (χ1n) is 6.77. The van der Waals surface area contributed by atoms with Crippen molar-refractivity contribution in [2.24, 2.45) is 5.92 Å². The zero-order valence-electron chi connectivity index (χ0n) is 12.1. The Kier molecular flexibility index (Phi) is 7.30. The molecule has 0 spiro atoms. The highest BCUT2D eigenvalue weighted by molar-refractivity contribution is 5.41. The molecule has 0 fully saturated rings. The van der Waals surface area contributed by atoms with Crippen LogP contribution < -0.4 is 10.1 Å². The van der Waals surface area contributed by atoms with Gasteiger partial charge in [0.1, 0.15) is 0 Å². The Morgan fingerprint density at radius 2 is 2.11 bits per heavy atom. The van der Waals surface area contributed by atoms with E-state index in [1.807, 2.05) is 6.07 Å². The summed E-state index contributed by atoms with van der Waals surface area (Å²) in [5.74, 6) is 1.28. The van der Waals surface area contributed by atoms with Gasteiger partial charge in [0.25, 0.3) is 0 Å². The van der Waals surface area contributed by atoms with Crippen LogP contribution in [0.25, 0.3) is 0 Å². The summed E-state index contributed by atoms with van der Waals surface area (Å²) in [6, 6.07) is 5.44. The van der Waals surface area contributed by atoms with Gasteiger partial charge in [0, 0.05) is 19.8 Å². The molecule has 1 aromatic carbocycles. The Morgan fingerprint density at radius 1 is 1.32 bits per heavy atom. The fraction of sp³-hybridized carbons (Fsp3) is 0.600. The standard InChI is InChI=1S/C15H25NO3/c1-12(2)11-19-8-4-7-16-10-13-5-6-15(18-3)14(17)9-13/h5-6,9,12,16-17H,4,7-8,10-11H2,1-3H3. The molecule has 2 N–H and O–H groups in total. The molecule has 0 aromatic heterocycles. The molecule has 108 valence electrons. The zero-order valence-corrected chi connectivity index (χ0v) is 12.1. The molecule has 0 aliphatic heterocycles. The average Bonchev–Trinajstić information content (AvgIpc) is 2.37. The number of hydrogen-bond donors (Lipinski definition) is 2. The Morgan fingerprint density at radius 3 is 2.74 bits per heavy atom. The number of benzene rings is 1. The highest BCUT2D eigenvalue weighted by atomic mass is 16.5. The van der Waals surface area contributed by atoms with E-state index in [-0.39, 0.29) is 5.75 Å². The number of hydrogen-bond acceptors (Lipinski definition) is 4. The van der Waals surface area contributed by atoms with Gasteiger partial charge in [-0.15, -0.1) is 0 Å². The lowest BCUT2D eigenvalue weighted by molar-refractivity contribution is 0.108. The molecule has 0 saturated heterocycles. The van der Waals surface area contributed by atoms with Crippen LogP contribution in [0.2, 0.25) is 0 Å². The van der Waals surface area contributed by atoms with Gasteiger partial charge < -0.3 is 19.9 Å². The first kappa shape index (κ1) is 15.8. The topological polar surface area (TPSA) is 50.7 Å². The van der Waals surface area contributed by atoms with Crippen LogP contribution in [0.1, 0.15) is 25.8 Å². The highest BCUT2D eigenvalue weighted by Crippen LogP contribution is 2.25. The predicted molar refractivity (Wildman–Crippen MR) is 76.6 cm³/mol. The third-order valence-corrected chi connectivity index (χ3v) is 2.67. The maximum absolute atomic E-state index is 9.64. The largest absolute Gasteiger partial charge is 0.504 e. The quantitative estimate of drug-likeness (QED) is 0.675. The predicted octanol–water partition coefficient (Wildman–Crippen LogP) is 2.55. The van der Waals surface area contributed by atoms with Crippen LogP contribution in [-0.2, 0) is 11.3 Å². The van der Waals surface area contributed by atoms with Gasteiger partial charge in [-0.05, 0) is 36.6 Å². The van der Waals surface area contributed by atoms with Crippen molar-refractivity contribution < 1.29 is 14.6 Å². The van der Waals surface area contributed by atoms with Crippen LogP contribution in [0.3, 0.4) is 0 Å². The summed E-state index contributed by atoms with van der Waals surface area (Å²) >= 11 is 0. The first-order valence-corrected chi connectivity index (χ1v) is 6.77. The molecule has 0 heterocycles. The fourth-order valence-electron chi connectivity index (χ4n) is 1.70. The van der Waals surface area contributed by atoms with Gasteiger partial charge in [-0.1, -0.05) is 19.9 Å². The Bertz CT molecular complexity index is 366. The van der Waals surface area contributed by atoms with E-state index in [2.05, 4.69) is 19.2 Å². The zero-order chi connectivity index (χ0) is 14.1. The molecule has 0 bridgehead atoms. The van der Waals surface area contributed by atoms with Gasteiger partial charge in [-0.2, -0.15) is 0 Å². The molecule has 0 radical (unpaired) electrons. The minimum atomic E-state index is 0.182. The van der Waals surface area contributed by atoms with Gasteiger partial charge in [0.2, 0.25) is 0 Å². The summed E-state index contributed by atoms with van der Waals surface area (Å²) in [5.41, 5.74) is 1.04. The third kappa shape index (κ3) is 6.45. The first-order chi connectivity index (χ1) is 9.13. The lowest BCUT2D eigenvalue weighted by Gasteiger charge is -2.09. The van der Waals surface area contributed by atoms with Crippen molar-refractivity contribution >= 4 is 0 Å². The van der Waals surface area contributed by atoms with E-state index < -0.39 is 0 Å². The van der Waals surface area contributed by atoms with E-state index in [4.69, 9.17) is 9.47 Å². The number of ether oxygens (including phenoxy) is 2. The smallest absolute Gasteiger partial charge is 0.160 e. The van der Waals surface area contributed by atoms with Gasteiger partial charge in [0.05, 0.1) is 7.11 Å². The maximum Gasteiger partial charge on any atom is 0.160 e. The lowest BCUT2D eigenvalue weighted by Crippen LogP contribution is -2.17. The second kappa shape index (κ2) is 8.77. The van der Waals surface area contributed by atoms with Crippen LogP contribution in [0, 0.1) is 5.92 Å². The van der Waals surface area contributed by atoms with Crippen molar-refractivity contribution in [1.29, 1.82) is 0 Å². The van der Waals surface area contributed by atoms with Crippen molar-refractivity contribution in [3.63, 3.8) is 0 Å². The molecule has 0 atom stereocenters. The summed E-state index contributed by atoms with van der Waals surface area (Å²) < 4.78 is 10.5. The summed E-state index contributed by atoms with van der Waals surface area (Å²) in [6.07, 6.45) is 0.995. The summed E-state index contributed by atoms with van der Waals surface area (Å²) in [6.45, 7) is 7.56. The number of methoxy groups -OCH3 is 1. The Balaban J connectivity index is 2.14. The van der Waals surface area contributed by atoms with Crippen molar-refractivity contribution in [3.8, 4) is 11.5 Å². The van der Waals surface area contributed by atoms with E-state index in [0.717, 1.165) is 38.3 Å². The van der Waals surface area contributed by atoms with Crippen molar-refractivity contribution in [3.05, 3.63) is 23.8 Å². The maximum atomic E-state index is 9.64. The molecule has 19 heavy (non-hydrogen) atoms. The Labute approximate surface area is 115 Å². The summed E-state index contributed by atoms with van der Waals surface area (Å²) in [5, 5.41) is 13.0. The van der Waals surface area contributed by atoms with E-state index in [1.54, 1.807) is 19.2 Å². The molecular formula is C15H25NO3. The molecule has 0 aliphatic rings. The van der Waals surface area contributed by atoms with E-state index in [1.165, 1.54) is 0 Å². The van der Waals surface area contributed by atoms with Crippen LogP contribution >= 0.6 is 0 Å². The van der Waals surface area contributed by atoms with Gasteiger partial charge >= 0.3 is 0 Å². The average molecular weight is 267 g/mol. The second-order valence-corrected chi connectivity index (χ2v) is 5.01. The molecule has 0 aliphatic carbocycles. The van der Waals surface area contributed by atoms with Crippen molar-refractivity contribution in [1.82, 2.24) is 5.32 Å². The third-order valence-electron chi connectivity index (χ3n) is 2.67. The van der Waals surface area contributed by atoms with Crippen LogP contribution in [-0.4, -0.2) is 32.0 Å². The molecule has 4 heteroatoms. The fourth-order valence-corrected chi connectivity index (χ4v) is 1.70. The molecule has 1 aromatic rings. The molecule has 0 unspecified atom stereocenters. The monoisotopic (exact) mass is 267 g/mol. The van der Waals surface area contributed by atoms with Gasteiger partial charge in [0.15, 0.2) is 11.5 Å². The van der Waals surface area contributed by atoms with Crippen molar-refractivity contribution in [2.75, 3.05) is 26.9 Å².